The minimum absolute atomic E-state index is 0.358. The number of hydrogen-bond donors (Lipinski definition) is 1. The molecule has 0 radical (unpaired) electrons. The third-order valence-corrected chi connectivity index (χ3v) is 6.35. The molecule has 0 aromatic heterocycles. The molecule has 1 saturated heterocycles. The molecule has 5 heteroatoms. The van der Waals surface area contributed by atoms with Gasteiger partial charge in [-0.05, 0) is 39.5 Å². The number of likely N-dealkylation sites (tertiary alicyclic amines) is 1. The van der Waals surface area contributed by atoms with Gasteiger partial charge in [-0.2, -0.15) is 0 Å². The Hall–Kier alpha value is -0.810. The van der Waals surface area contributed by atoms with E-state index in [1.807, 2.05) is 7.05 Å². The Morgan fingerprint density at radius 2 is 2.04 bits per heavy atom. The molecule has 1 N–H and O–H groups in total. The lowest BCUT2D eigenvalue weighted by atomic mass is 9.60. The molecule has 0 bridgehead atoms. The first-order valence-electron chi connectivity index (χ1n) is 9.91. The van der Waals surface area contributed by atoms with E-state index in [0.29, 0.717) is 23.5 Å². The molecular formula is C19H35N3O2. The first-order valence-corrected chi connectivity index (χ1v) is 9.91. The minimum atomic E-state index is 0.358. The summed E-state index contributed by atoms with van der Waals surface area (Å²) >= 11 is 0. The predicted molar refractivity (Wildman–Crippen MR) is 97.4 cm³/mol. The molecular weight excluding hydrogens is 302 g/mol. The maximum Gasteiger partial charge on any atom is 0.193 e. The van der Waals surface area contributed by atoms with Crippen molar-refractivity contribution in [3.8, 4) is 0 Å². The summed E-state index contributed by atoms with van der Waals surface area (Å²) in [6.07, 6.45) is 8.09. The van der Waals surface area contributed by atoms with Crippen molar-refractivity contribution in [2.75, 3.05) is 40.0 Å². The molecule has 3 fully saturated rings. The van der Waals surface area contributed by atoms with Crippen LogP contribution in [0.25, 0.3) is 0 Å². The largest absolute Gasteiger partial charge is 0.381 e. The van der Waals surface area contributed by atoms with Gasteiger partial charge < -0.3 is 19.7 Å². The SMILES string of the molecule is CCOCC1CCN(C(=NC)NC2CC(OCC)C23CCCC3)C1. The van der Waals surface area contributed by atoms with E-state index in [1.54, 1.807) is 0 Å². The number of aliphatic imine (C=N–C) groups is 1. The van der Waals surface area contributed by atoms with Gasteiger partial charge in [-0.15, -0.1) is 0 Å². The highest BCUT2D eigenvalue weighted by Crippen LogP contribution is 2.54. The van der Waals surface area contributed by atoms with Crippen LogP contribution in [0.2, 0.25) is 0 Å². The van der Waals surface area contributed by atoms with Gasteiger partial charge in [0.15, 0.2) is 5.96 Å². The maximum absolute atomic E-state index is 6.04. The molecule has 1 heterocycles. The molecule has 0 aromatic rings. The van der Waals surface area contributed by atoms with E-state index in [9.17, 15) is 0 Å². The normalized spacial score (nSPS) is 32.4. The number of nitrogens with one attached hydrogen (secondary N) is 1. The van der Waals surface area contributed by atoms with Crippen molar-refractivity contribution in [3.63, 3.8) is 0 Å². The van der Waals surface area contributed by atoms with E-state index in [1.165, 1.54) is 32.1 Å². The Morgan fingerprint density at radius 1 is 1.25 bits per heavy atom. The monoisotopic (exact) mass is 337 g/mol. The van der Waals surface area contributed by atoms with Gasteiger partial charge >= 0.3 is 0 Å². The summed E-state index contributed by atoms with van der Waals surface area (Å²) in [5.74, 6) is 1.72. The molecule has 138 valence electrons. The maximum atomic E-state index is 6.04. The number of ether oxygens (including phenoxy) is 2. The van der Waals surface area contributed by atoms with Crippen LogP contribution in [0.15, 0.2) is 4.99 Å². The van der Waals surface area contributed by atoms with Gasteiger partial charge in [0, 0.05) is 50.7 Å². The van der Waals surface area contributed by atoms with Crippen molar-refractivity contribution in [2.24, 2.45) is 16.3 Å². The first-order chi connectivity index (χ1) is 11.7. The predicted octanol–water partition coefficient (Wildman–Crippen LogP) is 2.66. The summed E-state index contributed by atoms with van der Waals surface area (Å²) in [5, 5.41) is 3.80. The Bertz CT molecular complexity index is 434. The van der Waals surface area contributed by atoms with Crippen molar-refractivity contribution in [2.45, 2.75) is 64.5 Å². The molecule has 1 aliphatic heterocycles. The number of hydrogen-bond acceptors (Lipinski definition) is 3. The van der Waals surface area contributed by atoms with E-state index < -0.39 is 0 Å². The van der Waals surface area contributed by atoms with Crippen LogP contribution >= 0.6 is 0 Å². The second-order valence-electron chi connectivity index (χ2n) is 7.62. The van der Waals surface area contributed by atoms with Crippen molar-refractivity contribution >= 4 is 5.96 Å². The average Bonchev–Trinajstić information content (AvgIpc) is 3.26. The van der Waals surface area contributed by atoms with Gasteiger partial charge in [0.25, 0.3) is 0 Å². The van der Waals surface area contributed by atoms with Crippen LogP contribution in [0.1, 0.15) is 52.4 Å². The lowest BCUT2D eigenvalue weighted by molar-refractivity contribution is -0.126. The highest BCUT2D eigenvalue weighted by atomic mass is 16.5. The van der Waals surface area contributed by atoms with Crippen LogP contribution in [0, 0.1) is 11.3 Å². The highest BCUT2D eigenvalue weighted by molar-refractivity contribution is 5.80. The van der Waals surface area contributed by atoms with Crippen molar-refractivity contribution < 1.29 is 9.47 Å². The molecule has 2 aliphatic carbocycles. The van der Waals surface area contributed by atoms with E-state index in [2.05, 4.69) is 29.1 Å². The minimum Gasteiger partial charge on any atom is -0.381 e. The van der Waals surface area contributed by atoms with Gasteiger partial charge in [-0.25, -0.2) is 0 Å². The molecule has 1 spiro atoms. The Labute approximate surface area is 147 Å². The summed E-state index contributed by atoms with van der Waals surface area (Å²) in [4.78, 5) is 7.00. The topological polar surface area (TPSA) is 46.1 Å². The summed E-state index contributed by atoms with van der Waals surface area (Å²) in [5.41, 5.74) is 0.358. The molecule has 3 rings (SSSR count). The lowest BCUT2D eigenvalue weighted by Gasteiger charge is -2.54. The van der Waals surface area contributed by atoms with Gasteiger partial charge in [-0.1, -0.05) is 12.8 Å². The third-order valence-electron chi connectivity index (χ3n) is 6.35. The zero-order valence-corrected chi connectivity index (χ0v) is 15.7. The van der Waals surface area contributed by atoms with Gasteiger partial charge in [0.05, 0.1) is 12.7 Å². The van der Waals surface area contributed by atoms with E-state index in [0.717, 1.165) is 45.3 Å². The van der Waals surface area contributed by atoms with Gasteiger partial charge in [-0.3, -0.25) is 4.99 Å². The Balaban J connectivity index is 1.56. The molecule has 24 heavy (non-hydrogen) atoms. The zero-order chi connectivity index (χ0) is 17.0. The Kier molecular flexibility index (Phi) is 6.03. The van der Waals surface area contributed by atoms with Crippen LogP contribution < -0.4 is 5.32 Å². The standard InChI is InChI=1S/C19H35N3O2/c1-4-23-14-15-8-11-22(13-15)18(20-3)21-16-12-17(24-5-2)19(16)9-6-7-10-19/h15-17H,4-14H2,1-3H3,(H,20,21). The molecule has 2 saturated carbocycles. The number of rotatable bonds is 6. The number of guanidine groups is 1. The van der Waals surface area contributed by atoms with Crippen LogP contribution in [-0.2, 0) is 9.47 Å². The molecule has 3 aliphatic rings. The molecule has 3 atom stereocenters. The molecule has 3 unspecified atom stereocenters. The van der Waals surface area contributed by atoms with E-state index in [4.69, 9.17) is 9.47 Å². The second kappa shape index (κ2) is 8.05. The summed E-state index contributed by atoms with van der Waals surface area (Å²) in [6.45, 7) is 8.86. The van der Waals surface area contributed by atoms with E-state index in [-0.39, 0.29) is 0 Å². The van der Waals surface area contributed by atoms with Crippen LogP contribution in [0.4, 0.5) is 0 Å². The Morgan fingerprint density at radius 3 is 2.71 bits per heavy atom. The highest BCUT2D eigenvalue weighted by Gasteiger charge is 2.57. The fourth-order valence-corrected chi connectivity index (χ4v) is 4.99. The quantitative estimate of drug-likeness (QED) is 0.598. The van der Waals surface area contributed by atoms with Crippen LogP contribution in [0.3, 0.4) is 0 Å². The van der Waals surface area contributed by atoms with Crippen molar-refractivity contribution in [1.29, 1.82) is 0 Å². The number of nitrogens with zero attached hydrogens (tertiary/aromatic N) is 2. The second-order valence-corrected chi connectivity index (χ2v) is 7.62. The van der Waals surface area contributed by atoms with Crippen LogP contribution in [-0.4, -0.2) is 63.0 Å². The molecule has 0 aromatic carbocycles. The fraction of sp³-hybridized carbons (Fsp3) is 0.947. The smallest absolute Gasteiger partial charge is 0.193 e. The molecule has 0 amide bonds. The summed E-state index contributed by atoms with van der Waals surface area (Å²) < 4.78 is 11.6. The van der Waals surface area contributed by atoms with Crippen molar-refractivity contribution in [3.05, 3.63) is 0 Å². The summed E-state index contributed by atoms with van der Waals surface area (Å²) in [7, 11) is 1.91. The average molecular weight is 338 g/mol. The zero-order valence-electron chi connectivity index (χ0n) is 15.7. The summed E-state index contributed by atoms with van der Waals surface area (Å²) in [6, 6.07) is 0.529. The third kappa shape index (κ3) is 3.43. The molecule has 5 nitrogen and oxygen atoms in total. The van der Waals surface area contributed by atoms with Crippen molar-refractivity contribution in [1.82, 2.24) is 10.2 Å². The fourth-order valence-electron chi connectivity index (χ4n) is 4.99. The lowest BCUT2D eigenvalue weighted by Crippen LogP contribution is -2.65. The van der Waals surface area contributed by atoms with E-state index >= 15 is 0 Å². The van der Waals surface area contributed by atoms with Gasteiger partial charge in [0.1, 0.15) is 0 Å². The van der Waals surface area contributed by atoms with Crippen LogP contribution in [0.5, 0.6) is 0 Å². The first kappa shape index (κ1) is 18.0. The van der Waals surface area contributed by atoms with Gasteiger partial charge in [0.2, 0.25) is 0 Å².